The average molecular weight is 427 g/mol. The van der Waals surface area contributed by atoms with E-state index in [-0.39, 0.29) is 11.9 Å². The summed E-state index contributed by atoms with van der Waals surface area (Å²) in [5.74, 6) is 0.505. The van der Waals surface area contributed by atoms with E-state index in [2.05, 4.69) is 20.6 Å². The molecule has 1 atom stereocenters. The van der Waals surface area contributed by atoms with Crippen LogP contribution in [-0.4, -0.2) is 28.5 Å². The first-order valence-electron chi connectivity index (χ1n) is 9.69. The van der Waals surface area contributed by atoms with Crippen molar-refractivity contribution in [1.29, 1.82) is 0 Å². The van der Waals surface area contributed by atoms with Gasteiger partial charge in [0.15, 0.2) is 0 Å². The van der Waals surface area contributed by atoms with E-state index in [0.717, 1.165) is 34.5 Å². The van der Waals surface area contributed by atoms with Crippen molar-refractivity contribution in [3.8, 4) is 11.3 Å². The van der Waals surface area contributed by atoms with Gasteiger partial charge in [-0.3, -0.25) is 9.78 Å². The predicted molar refractivity (Wildman–Crippen MR) is 111 cm³/mol. The molecule has 0 saturated carbocycles. The van der Waals surface area contributed by atoms with E-state index in [1.54, 1.807) is 12.4 Å². The lowest BCUT2D eigenvalue weighted by Crippen LogP contribution is -2.31. The van der Waals surface area contributed by atoms with Crippen LogP contribution in [-0.2, 0) is 23.8 Å². The lowest BCUT2D eigenvalue weighted by atomic mass is 10.0. The van der Waals surface area contributed by atoms with E-state index in [4.69, 9.17) is 5.73 Å². The van der Waals surface area contributed by atoms with Crippen molar-refractivity contribution in [3.63, 3.8) is 0 Å². The van der Waals surface area contributed by atoms with Crippen molar-refractivity contribution in [2.75, 3.05) is 17.2 Å². The number of nitrogens with one attached hydrogen (secondary N) is 2. The van der Waals surface area contributed by atoms with Crippen LogP contribution in [0.25, 0.3) is 11.3 Å². The molecule has 1 unspecified atom stereocenters. The van der Waals surface area contributed by atoms with Crippen LogP contribution >= 0.6 is 0 Å². The maximum atomic E-state index is 12.7. The molecule has 0 fully saturated rings. The Hall–Kier alpha value is -3.46. The van der Waals surface area contributed by atoms with Crippen molar-refractivity contribution in [2.45, 2.75) is 25.1 Å². The average Bonchev–Trinajstić information content (AvgIpc) is 3.11. The number of hydrogen-bond acceptors (Lipinski definition) is 5. The number of carbonyl (C=O) groups excluding carboxylic acids is 1. The number of carbonyl (C=O) groups is 1. The van der Waals surface area contributed by atoms with Crippen LogP contribution < -0.4 is 16.4 Å². The highest BCUT2D eigenvalue weighted by Crippen LogP contribution is 2.30. The Bertz CT molecular complexity index is 1100. The molecule has 1 aliphatic heterocycles. The Kier molecular flexibility index (Phi) is 5.60. The van der Waals surface area contributed by atoms with Gasteiger partial charge in [-0.25, -0.2) is 4.98 Å². The number of fused-ring (bicyclic) bond motifs is 1. The van der Waals surface area contributed by atoms with Crippen LogP contribution in [0.1, 0.15) is 16.7 Å². The predicted octanol–water partition coefficient (Wildman–Crippen LogP) is 3.64. The van der Waals surface area contributed by atoms with E-state index >= 15 is 0 Å². The van der Waals surface area contributed by atoms with Gasteiger partial charge in [-0.05, 0) is 41.8 Å². The van der Waals surface area contributed by atoms with Gasteiger partial charge in [0.1, 0.15) is 5.82 Å². The first-order valence-corrected chi connectivity index (χ1v) is 9.69. The van der Waals surface area contributed by atoms with Gasteiger partial charge < -0.3 is 16.4 Å². The second kappa shape index (κ2) is 8.35. The lowest BCUT2D eigenvalue weighted by Gasteiger charge is -2.14. The van der Waals surface area contributed by atoms with Crippen molar-refractivity contribution in [2.24, 2.45) is 5.73 Å². The number of nitrogens with zero attached hydrogens (tertiary/aromatic N) is 2. The summed E-state index contributed by atoms with van der Waals surface area (Å²) in [5.41, 5.74) is 9.41. The highest BCUT2D eigenvalue weighted by molar-refractivity contribution is 5.99. The number of benzene rings is 2. The van der Waals surface area contributed by atoms with Gasteiger partial charge in [-0.15, -0.1) is 0 Å². The number of nitrogens with two attached hydrogens (primary N) is 1. The van der Waals surface area contributed by atoms with E-state index in [1.807, 2.05) is 18.2 Å². The van der Waals surface area contributed by atoms with E-state index < -0.39 is 11.7 Å². The van der Waals surface area contributed by atoms with E-state index in [0.29, 0.717) is 30.9 Å². The summed E-state index contributed by atoms with van der Waals surface area (Å²) in [7, 11) is 0. The van der Waals surface area contributed by atoms with Gasteiger partial charge in [0.25, 0.3) is 0 Å². The molecule has 0 bridgehead atoms. The maximum Gasteiger partial charge on any atom is 0.416 e. The number of aromatic nitrogens is 2. The Balaban J connectivity index is 1.37. The van der Waals surface area contributed by atoms with Crippen molar-refractivity contribution in [3.05, 3.63) is 71.5 Å². The molecule has 6 nitrogen and oxygen atoms in total. The van der Waals surface area contributed by atoms with Gasteiger partial charge in [0, 0.05) is 23.8 Å². The third kappa shape index (κ3) is 5.00. The van der Waals surface area contributed by atoms with Crippen molar-refractivity contribution >= 4 is 17.4 Å². The van der Waals surface area contributed by atoms with E-state index in [1.165, 1.54) is 12.1 Å². The fourth-order valence-electron chi connectivity index (χ4n) is 3.42. The molecule has 2 heterocycles. The topological polar surface area (TPSA) is 92.9 Å². The quantitative estimate of drug-likeness (QED) is 0.559. The third-order valence-corrected chi connectivity index (χ3v) is 4.99. The fraction of sp³-hybridized carbons (Fsp3) is 0.227. The van der Waals surface area contributed by atoms with E-state index in [9.17, 15) is 18.0 Å². The zero-order valence-corrected chi connectivity index (χ0v) is 16.4. The molecule has 160 valence electrons. The van der Waals surface area contributed by atoms with Crippen LogP contribution in [0, 0.1) is 0 Å². The van der Waals surface area contributed by atoms with Gasteiger partial charge >= 0.3 is 6.18 Å². The molecule has 0 spiro atoms. The largest absolute Gasteiger partial charge is 0.416 e. The lowest BCUT2D eigenvalue weighted by molar-refractivity contribution is -0.137. The summed E-state index contributed by atoms with van der Waals surface area (Å²) in [6.45, 7) is 0.377. The zero-order valence-electron chi connectivity index (χ0n) is 16.4. The van der Waals surface area contributed by atoms with Gasteiger partial charge in [0.2, 0.25) is 5.91 Å². The van der Waals surface area contributed by atoms with Crippen LogP contribution in [0.15, 0.2) is 54.9 Å². The summed E-state index contributed by atoms with van der Waals surface area (Å²) >= 11 is 0. The fourth-order valence-corrected chi connectivity index (χ4v) is 3.42. The number of rotatable bonds is 6. The molecule has 0 aliphatic carbocycles. The molecule has 4 rings (SSSR count). The molecule has 4 N–H and O–H groups in total. The Morgan fingerprint density at radius 1 is 1.13 bits per heavy atom. The number of anilines is 2. The SMILES string of the molecule is NC(CNc1cncc(-c2ccc3c(c2)CC(=O)N3)n1)Cc1ccc(C(F)(F)F)cc1. The molecule has 2 aromatic carbocycles. The Morgan fingerprint density at radius 2 is 1.90 bits per heavy atom. The van der Waals surface area contributed by atoms with Gasteiger partial charge in [0.05, 0.1) is 30.1 Å². The third-order valence-electron chi connectivity index (χ3n) is 4.99. The summed E-state index contributed by atoms with van der Waals surface area (Å²) in [4.78, 5) is 20.3. The van der Waals surface area contributed by atoms with Crippen LogP contribution in [0.3, 0.4) is 0 Å². The second-order valence-corrected chi connectivity index (χ2v) is 7.43. The standard InChI is InChI=1S/C22H20F3N5O/c23-22(24,25)16-4-1-13(2-5-16)7-17(26)10-28-20-12-27-11-19(29-20)14-3-6-18-15(8-14)9-21(31)30-18/h1-6,8,11-12,17H,7,9-10,26H2,(H,28,29)(H,30,31). The van der Waals surface area contributed by atoms with Crippen molar-refractivity contribution < 1.29 is 18.0 Å². The number of amides is 1. The first kappa shape index (κ1) is 20.8. The number of halogens is 3. The van der Waals surface area contributed by atoms with Gasteiger partial charge in [-0.2, -0.15) is 13.2 Å². The van der Waals surface area contributed by atoms with Gasteiger partial charge in [-0.1, -0.05) is 18.2 Å². The summed E-state index contributed by atoms with van der Waals surface area (Å²) in [5, 5.41) is 5.92. The zero-order chi connectivity index (χ0) is 22.0. The van der Waals surface area contributed by atoms with Crippen LogP contribution in [0.4, 0.5) is 24.7 Å². The Labute approximate surface area is 176 Å². The molecule has 1 amide bonds. The molecule has 1 aliphatic rings. The molecule has 3 aromatic rings. The minimum absolute atomic E-state index is 0.0318. The minimum Gasteiger partial charge on any atom is -0.367 e. The molecule has 31 heavy (non-hydrogen) atoms. The number of hydrogen-bond donors (Lipinski definition) is 3. The number of alkyl halides is 3. The molecule has 1 aromatic heterocycles. The summed E-state index contributed by atoms with van der Waals surface area (Å²) in [6.07, 6.45) is -0.375. The smallest absolute Gasteiger partial charge is 0.367 e. The molecule has 9 heteroatoms. The van der Waals surface area contributed by atoms with Crippen LogP contribution in [0.5, 0.6) is 0 Å². The summed E-state index contributed by atoms with van der Waals surface area (Å²) in [6, 6.07) is 10.3. The van der Waals surface area contributed by atoms with Crippen LogP contribution in [0.2, 0.25) is 0 Å². The Morgan fingerprint density at radius 3 is 2.65 bits per heavy atom. The molecular weight excluding hydrogens is 407 g/mol. The molecular formula is C22H20F3N5O. The second-order valence-electron chi connectivity index (χ2n) is 7.43. The molecule has 0 radical (unpaired) electrons. The molecule has 0 saturated heterocycles. The van der Waals surface area contributed by atoms with Crippen molar-refractivity contribution in [1.82, 2.24) is 9.97 Å². The maximum absolute atomic E-state index is 12.7. The summed E-state index contributed by atoms with van der Waals surface area (Å²) < 4.78 is 38.0. The monoisotopic (exact) mass is 427 g/mol. The highest BCUT2D eigenvalue weighted by atomic mass is 19.4. The highest BCUT2D eigenvalue weighted by Gasteiger charge is 2.30. The normalized spacial score (nSPS) is 14.1. The minimum atomic E-state index is -4.35. The first-order chi connectivity index (χ1) is 14.8.